The van der Waals surface area contributed by atoms with E-state index in [1.54, 1.807) is 26.2 Å². The molecule has 0 unspecified atom stereocenters. The Hall–Kier alpha value is -1.44. The average molecular weight is 300 g/mol. The molecule has 112 valence electrons. The van der Waals surface area contributed by atoms with Crippen LogP contribution < -0.4 is 10.0 Å². The van der Waals surface area contributed by atoms with Gasteiger partial charge in [0.15, 0.2) is 0 Å². The highest BCUT2D eigenvalue weighted by Crippen LogP contribution is 2.20. The van der Waals surface area contributed by atoms with Crippen molar-refractivity contribution in [3.8, 4) is 0 Å². The third kappa shape index (κ3) is 4.92. The van der Waals surface area contributed by atoms with Gasteiger partial charge in [0.2, 0.25) is 15.9 Å². The summed E-state index contributed by atoms with van der Waals surface area (Å²) in [6.45, 7) is 3.88. The molecule has 1 aromatic carbocycles. The summed E-state index contributed by atoms with van der Waals surface area (Å²) < 4.78 is 31.8. The standard InChI is InChI=1S/C13H20N2O4S/c1-10-5-6-12(15-11(2)16)9-13(10)20(17,18)14-7-4-8-19-3/h5-6,9,14H,4,7-8H2,1-3H3,(H,15,16). The molecular formula is C13H20N2O4S. The van der Waals surface area contributed by atoms with E-state index in [4.69, 9.17) is 4.74 Å². The number of hydrogen-bond acceptors (Lipinski definition) is 4. The van der Waals surface area contributed by atoms with Gasteiger partial charge in [-0.3, -0.25) is 4.79 Å². The number of carbonyl (C=O) groups excluding carboxylic acids is 1. The van der Waals surface area contributed by atoms with E-state index in [0.717, 1.165) is 0 Å². The van der Waals surface area contributed by atoms with Crippen LogP contribution in [0.1, 0.15) is 18.9 Å². The summed E-state index contributed by atoms with van der Waals surface area (Å²) in [4.78, 5) is 11.2. The minimum absolute atomic E-state index is 0.168. The molecule has 20 heavy (non-hydrogen) atoms. The fourth-order valence-electron chi connectivity index (χ4n) is 1.67. The molecule has 0 spiro atoms. The molecule has 0 saturated heterocycles. The first-order valence-electron chi connectivity index (χ1n) is 6.23. The van der Waals surface area contributed by atoms with Crippen molar-refractivity contribution in [2.45, 2.75) is 25.2 Å². The third-order valence-electron chi connectivity index (χ3n) is 2.62. The van der Waals surface area contributed by atoms with Crippen molar-refractivity contribution in [3.05, 3.63) is 23.8 Å². The lowest BCUT2D eigenvalue weighted by Crippen LogP contribution is -2.26. The molecule has 2 N–H and O–H groups in total. The number of anilines is 1. The Morgan fingerprint density at radius 1 is 1.35 bits per heavy atom. The van der Waals surface area contributed by atoms with Gasteiger partial charge in [-0.15, -0.1) is 0 Å². The normalized spacial score (nSPS) is 11.3. The van der Waals surface area contributed by atoms with Gasteiger partial charge in [-0.1, -0.05) is 6.07 Å². The number of rotatable bonds is 7. The van der Waals surface area contributed by atoms with Gasteiger partial charge in [0, 0.05) is 32.9 Å². The molecule has 0 saturated carbocycles. The zero-order chi connectivity index (χ0) is 15.2. The van der Waals surface area contributed by atoms with Crippen LogP contribution in [0.5, 0.6) is 0 Å². The SMILES string of the molecule is COCCCNS(=O)(=O)c1cc(NC(C)=O)ccc1C. The number of carbonyl (C=O) groups is 1. The van der Waals surface area contributed by atoms with E-state index in [0.29, 0.717) is 30.8 Å². The van der Waals surface area contributed by atoms with E-state index in [1.807, 2.05) is 0 Å². The number of aryl methyl sites for hydroxylation is 1. The number of amides is 1. The second kappa shape index (κ2) is 7.37. The van der Waals surface area contributed by atoms with Crippen molar-refractivity contribution in [2.75, 3.05) is 25.6 Å². The van der Waals surface area contributed by atoms with Crippen LogP contribution in [-0.2, 0) is 19.6 Å². The molecule has 6 nitrogen and oxygen atoms in total. The average Bonchev–Trinajstić information content (AvgIpc) is 2.36. The number of nitrogens with one attached hydrogen (secondary N) is 2. The lowest BCUT2D eigenvalue weighted by molar-refractivity contribution is -0.114. The van der Waals surface area contributed by atoms with E-state index in [-0.39, 0.29) is 10.8 Å². The smallest absolute Gasteiger partial charge is 0.240 e. The Morgan fingerprint density at radius 2 is 2.05 bits per heavy atom. The first-order valence-corrected chi connectivity index (χ1v) is 7.72. The molecule has 0 aliphatic heterocycles. The Labute approximate surface area is 119 Å². The molecule has 0 aromatic heterocycles. The lowest BCUT2D eigenvalue weighted by atomic mass is 10.2. The van der Waals surface area contributed by atoms with E-state index < -0.39 is 10.0 Å². The summed E-state index contributed by atoms with van der Waals surface area (Å²) in [6.07, 6.45) is 0.597. The summed E-state index contributed by atoms with van der Waals surface area (Å²) in [7, 11) is -2.02. The van der Waals surface area contributed by atoms with E-state index in [1.165, 1.54) is 13.0 Å². The molecule has 1 amide bonds. The lowest BCUT2D eigenvalue weighted by Gasteiger charge is -2.11. The Bertz CT molecular complexity index is 570. The number of ether oxygens (including phenoxy) is 1. The molecule has 0 radical (unpaired) electrons. The highest BCUT2D eigenvalue weighted by molar-refractivity contribution is 7.89. The minimum Gasteiger partial charge on any atom is -0.385 e. The van der Waals surface area contributed by atoms with E-state index in [9.17, 15) is 13.2 Å². The highest BCUT2D eigenvalue weighted by atomic mass is 32.2. The second-order valence-corrected chi connectivity index (χ2v) is 6.14. The van der Waals surface area contributed by atoms with Crippen molar-refractivity contribution in [1.29, 1.82) is 0 Å². The van der Waals surface area contributed by atoms with Crippen LogP contribution in [0.25, 0.3) is 0 Å². The van der Waals surface area contributed by atoms with Crippen molar-refractivity contribution in [3.63, 3.8) is 0 Å². The fraction of sp³-hybridized carbons (Fsp3) is 0.462. The number of methoxy groups -OCH3 is 1. The van der Waals surface area contributed by atoms with Gasteiger partial charge in [0.05, 0.1) is 4.90 Å². The van der Waals surface area contributed by atoms with Gasteiger partial charge < -0.3 is 10.1 Å². The van der Waals surface area contributed by atoms with Crippen LogP contribution in [0.3, 0.4) is 0 Å². The van der Waals surface area contributed by atoms with Gasteiger partial charge in [-0.2, -0.15) is 0 Å². The number of hydrogen-bond donors (Lipinski definition) is 2. The molecule has 0 bridgehead atoms. The zero-order valence-corrected chi connectivity index (χ0v) is 12.7. The van der Waals surface area contributed by atoms with Crippen LogP contribution in [0.4, 0.5) is 5.69 Å². The molecule has 0 atom stereocenters. The number of benzene rings is 1. The Morgan fingerprint density at radius 3 is 2.65 bits per heavy atom. The summed E-state index contributed by atoms with van der Waals surface area (Å²) in [6, 6.07) is 4.78. The van der Waals surface area contributed by atoms with Crippen molar-refractivity contribution >= 4 is 21.6 Å². The molecular weight excluding hydrogens is 280 g/mol. The van der Waals surface area contributed by atoms with Crippen LogP contribution >= 0.6 is 0 Å². The minimum atomic E-state index is -3.59. The largest absolute Gasteiger partial charge is 0.385 e. The van der Waals surface area contributed by atoms with Gasteiger partial charge in [0.1, 0.15) is 0 Å². The first kappa shape index (κ1) is 16.6. The van der Waals surface area contributed by atoms with E-state index >= 15 is 0 Å². The van der Waals surface area contributed by atoms with Crippen LogP contribution in [0.15, 0.2) is 23.1 Å². The second-order valence-electron chi connectivity index (χ2n) is 4.41. The Kier molecular flexibility index (Phi) is 6.12. The van der Waals surface area contributed by atoms with Crippen LogP contribution in [-0.4, -0.2) is 34.6 Å². The third-order valence-corrected chi connectivity index (χ3v) is 4.22. The topological polar surface area (TPSA) is 84.5 Å². The molecule has 0 aliphatic carbocycles. The molecule has 1 rings (SSSR count). The predicted molar refractivity (Wildman–Crippen MR) is 77.2 cm³/mol. The van der Waals surface area contributed by atoms with Crippen LogP contribution in [0, 0.1) is 6.92 Å². The Balaban J connectivity index is 2.90. The van der Waals surface area contributed by atoms with E-state index in [2.05, 4.69) is 10.0 Å². The highest BCUT2D eigenvalue weighted by Gasteiger charge is 2.17. The van der Waals surface area contributed by atoms with Gasteiger partial charge in [-0.05, 0) is 31.0 Å². The first-order chi connectivity index (χ1) is 9.36. The molecule has 0 aliphatic rings. The van der Waals surface area contributed by atoms with Crippen molar-refractivity contribution in [2.24, 2.45) is 0 Å². The van der Waals surface area contributed by atoms with Crippen LogP contribution in [0.2, 0.25) is 0 Å². The summed E-state index contributed by atoms with van der Waals surface area (Å²) in [5, 5.41) is 2.57. The molecule has 0 fully saturated rings. The van der Waals surface area contributed by atoms with Crippen molar-refractivity contribution in [1.82, 2.24) is 4.72 Å². The maximum atomic E-state index is 12.2. The fourth-order valence-corrected chi connectivity index (χ4v) is 3.01. The molecule has 1 aromatic rings. The predicted octanol–water partition coefficient (Wildman–Crippen LogP) is 1.27. The molecule has 0 heterocycles. The van der Waals surface area contributed by atoms with Crippen molar-refractivity contribution < 1.29 is 17.9 Å². The maximum Gasteiger partial charge on any atom is 0.240 e. The summed E-state index contributed by atoms with van der Waals surface area (Å²) in [5.41, 5.74) is 1.08. The number of sulfonamides is 1. The van der Waals surface area contributed by atoms with Gasteiger partial charge in [-0.25, -0.2) is 13.1 Å². The zero-order valence-electron chi connectivity index (χ0n) is 11.9. The quantitative estimate of drug-likeness (QED) is 0.743. The maximum absolute atomic E-state index is 12.2. The van der Waals surface area contributed by atoms with Gasteiger partial charge >= 0.3 is 0 Å². The summed E-state index contributed by atoms with van der Waals surface area (Å²) in [5.74, 6) is -0.245. The molecule has 7 heteroatoms. The summed E-state index contributed by atoms with van der Waals surface area (Å²) >= 11 is 0. The van der Waals surface area contributed by atoms with Gasteiger partial charge in [0.25, 0.3) is 0 Å². The monoisotopic (exact) mass is 300 g/mol.